The summed E-state index contributed by atoms with van der Waals surface area (Å²) in [5, 5.41) is 10.6. The minimum absolute atomic E-state index is 0.0261. The first-order chi connectivity index (χ1) is 19.3. The number of aliphatic hydroxyl groups is 1. The Hall–Kier alpha value is -4.18. The van der Waals surface area contributed by atoms with Crippen molar-refractivity contribution in [1.82, 2.24) is 9.55 Å². The number of H-pyrrole nitrogens is 1. The van der Waals surface area contributed by atoms with Crippen LogP contribution in [-0.2, 0) is 21.8 Å². The highest BCUT2D eigenvalue weighted by molar-refractivity contribution is 5.49. The lowest BCUT2D eigenvalue weighted by Crippen LogP contribution is -2.40. The zero-order valence-corrected chi connectivity index (χ0v) is 23.0. The van der Waals surface area contributed by atoms with Crippen LogP contribution in [0.15, 0.2) is 94.6 Å². The van der Waals surface area contributed by atoms with Gasteiger partial charge >= 0.3 is 5.69 Å². The highest BCUT2D eigenvalue weighted by Crippen LogP contribution is 2.42. The summed E-state index contributed by atoms with van der Waals surface area (Å²) in [6, 6.07) is 25.0. The molecule has 0 bridgehead atoms. The molecule has 0 spiro atoms. The van der Waals surface area contributed by atoms with Crippen LogP contribution < -0.4 is 20.7 Å². The fourth-order valence-electron chi connectivity index (χ4n) is 4.50. The van der Waals surface area contributed by atoms with Crippen molar-refractivity contribution in [2.75, 3.05) is 20.8 Å². The van der Waals surface area contributed by atoms with E-state index in [0.717, 1.165) is 16.7 Å². The maximum Gasteiger partial charge on any atom is 0.330 e. The Morgan fingerprint density at radius 3 is 1.88 bits per heavy atom. The first-order valence-corrected chi connectivity index (χ1v) is 12.9. The molecule has 9 nitrogen and oxygen atoms in total. The summed E-state index contributed by atoms with van der Waals surface area (Å²) in [7, 11) is 3.22. The monoisotopic (exact) mass is 546 g/mol. The Kier molecular flexibility index (Phi) is 9.21. The molecule has 40 heavy (non-hydrogen) atoms. The van der Waals surface area contributed by atoms with Gasteiger partial charge in [-0.15, -0.1) is 0 Å². The smallest absolute Gasteiger partial charge is 0.330 e. The second-order valence-electron chi connectivity index (χ2n) is 9.43. The third-order valence-electron chi connectivity index (χ3n) is 6.79. The molecule has 0 aliphatic carbocycles. The number of ether oxygens (including phenoxy) is 4. The summed E-state index contributed by atoms with van der Waals surface area (Å²) in [6.07, 6.45) is -0.317. The number of rotatable bonds is 12. The molecular formula is C31H34N2O7. The summed E-state index contributed by atoms with van der Waals surface area (Å²) in [4.78, 5) is 26.3. The Morgan fingerprint density at radius 2 is 1.38 bits per heavy atom. The van der Waals surface area contributed by atoms with Gasteiger partial charge in [0.2, 0.25) is 0 Å². The topological polar surface area (TPSA) is 112 Å². The number of aromatic amines is 1. The van der Waals surface area contributed by atoms with E-state index in [2.05, 4.69) is 4.98 Å². The molecular weight excluding hydrogens is 512 g/mol. The molecule has 1 heterocycles. The average molecular weight is 547 g/mol. The van der Waals surface area contributed by atoms with Gasteiger partial charge in [-0.2, -0.15) is 0 Å². The number of methoxy groups -OCH3 is 2. The standard InChI is InChI=1S/C31H34N2O7/c1-21-18-33(30(36)32-29(21)35)20-39-28(22(2)34)19-40-31(23-8-6-5-7-9-23,24-10-14-26(37-3)15-11-24)25-12-16-27(38-4)17-13-25/h5-18,22,28,34H,19-20H2,1-4H3,(H,32,35,36)/t22-,28+/m0/s1. The first kappa shape index (κ1) is 28.8. The van der Waals surface area contributed by atoms with Crippen LogP contribution in [0.3, 0.4) is 0 Å². The van der Waals surface area contributed by atoms with E-state index >= 15 is 0 Å². The van der Waals surface area contributed by atoms with Crippen molar-refractivity contribution in [3.8, 4) is 11.5 Å². The van der Waals surface area contributed by atoms with Gasteiger partial charge in [-0.25, -0.2) is 4.79 Å². The van der Waals surface area contributed by atoms with Crippen molar-refractivity contribution >= 4 is 0 Å². The predicted octanol–water partition coefficient (Wildman–Crippen LogP) is 3.59. The van der Waals surface area contributed by atoms with Gasteiger partial charge in [-0.1, -0.05) is 54.6 Å². The highest BCUT2D eigenvalue weighted by Gasteiger charge is 2.39. The zero-order chi connectivity index (χ0) is 28.7. The van der Waals surface area contributed by atoms with Gasteiger partial charge in [0, 0.05) is 11.8 Å². The maximum absolute atomic E-state index is 12.3. The molecule has 0 aliphatic rings. The third-order valence-corrected chi connectivity index (χ3v) is 6.79. The van der Waals surface area contributed by atoms with Crippen molar-refractivity contribution in [3.63, 3.8) is 0 Å². The molecule has 2 atom stereocenters. The molecule has 0 amide bonds. The number of hydrogen-bond acceptors (Lipinski definition) is 7. The predicted molar refractivity (Wildman–Crippen MR) is 151 cm³/mol. The van der Waals surface area contributed by atoms with Crippen molar-refractivity contribution in [2.45, 2.75) is 38.4 Å². The van der Waals surface area contributed by atoms with Crippen LogP contribution in [0.25, 0.3) is 0 Å². The molecule has 0 saturated heterocycles. The van der Waals surface area contributed by atoms with Crippen molar-refractivity contribution < 1.29 is 24.1 Å². The quantitative estimate of drug-likeness (QED) is 0.261. The van der Waals surface area contributed by atoms with E-state index in [1.165, 1.54) is 10.8 Å². The fraction of sp³-hybridized carbons (Fsp3) is 0.290. The van der Waals surface area contributed by atoms with Gasteiger partial charge in [0.25, 0.3) is 5.56 Å². The Morgan fingerprint density at radius 1 is 0.850 bits per heavy atom. The van der Waals surface area contributed by atoms with Crippen molar-refractivity contribution in [1.29, 1.82) is 0 Å². The summed E-state index contributed by atoms with van der Waals surface area (Å²) < 4.78 is 24.8. The second kappa shape index (κ2) is 12.8. The van der Waals surface area contributed by atoms with Gasteiger partial charge < -0.3 is 24.1 Å². The molecule has 0 unspecified atom stereocenters. The molecule has 2 N–H and O–H groups in total. The van der Waals surface area contributed by atoms with E-state index in [1.54, 1.807) is 28.1 Å². The van der Waals surface area contributed by atoms with E-state index in [0.29, 0.717) is 17.1 Å². The third kappa shape index (κ3) is 6.17. The number of aliphatic hydroxyl groups excluding tert-OH is 1. The first-order valence-electron chi connectivity index (χ1n) is 12.9. The van der Waals surface area contributed by atoms with E-state index < -0.39 is 29.1 Å². The van der Waals surface area contributed by atoms with E-state index in [9.17, 15) is 14.7 Å². The molecule has 0 aliphatic heterocycles. The number of aromatic nitrogens is 2. The lowest BCUT2D eigenvalue weighted by molar-refractivity contribution is -0.120. The number of hydrogen-bond donors (Lipinski definition) is 2. The number of benzene rings is 3. The van der Waals surface area contributed by atoms with Crippen LogP contribution in [0.5, 0.6) is 11.5 Å². The summed E-state index contributed by atoms with van der Waals surface area (Å²) >= 11 is 0. The minimum atomic E-state index is -1.10. The van der Waals surface area contributed by atoms with Crippen LogP contribution in [0.4, 0.5) is 0 Å². The molecule has 1 aromatic heterocycles. The highest BCUT2D eigenvalue weighted by atomic mass is 16.6. The summed E-state index contributed by atoms with van der Waals surface area (Å²) in [6.45, 7) is 2.99. The summed E-state index contributed by atoms with van der Waals surface area (Å²) in [5.74, 6) is 1.40. The molecule has 0 fully saturated rings. The number of nitrogens with zero attached hydrogens (tertiary/aromatic N) is 1. The van der Waals surface area contributed by atoms with Crippen LogP contribution in [0, 0.1) is 6.92 Å². The number of nitrogens with one attached hydrogen (secondary N) is 1. The van der Waals surface area contributed by atoms with Gasteiger partial charge in [0.1, 0.15) is 29.9 Å². The van der Waals surface area contributed by atoms with Gasteiger partial charge in [-0.3, -0.25) is 14.3 Å². The Bertz CT molecular complexity index is 1450. The van der Waals surface area contributed by atoms with Crippen molar-refractivity contribution in [2.24, 2.45) is 0 Å². The molecule has 3 aromatic carbocycles. The van der Waals surface area contributed by atoms with Crippen LogP contribution in [0.2, 0.25) is 0 Å². The molecule has 0 saturated carbocycles. The van der Waals surface area contributed by atoms with E-state index in [4.69, 9.17) is 18.9 Å². The lowest BCUT2D eigenvalue weighted by Gasteiger charge is -2.37. The van der Waals surface area contributed by atoms with Crippen molar-refractivity contribution in [3.05, 3.63) is 128 Å². The van der Waals surface area contributed by atoms with Crippen LogP contribution >= 0.6 is 0 Å². The van der Waals surface area contributed by atoms with E-state index in [1.807, 2.05) is 78.9 Å². The van der Waals surface area contributed by atoms with Gasteiger partial charge in [0.05, 0.1) is 26.9 Å². The minimum Gasteiger partial charge on any atom is -0.497 e. The van der Waals surface area contributed by atoms with Crippen LogP contribution in [0.1, 0.15) is 29.2 Å². The largest absolute Gasteiger partial charge is 0.497 e. The molecule has 9 heteroatoms. The molecule has 4 aromatic rings. The molecule has 210 valence electrons. The summed E-state index contributed by atoms with van der Waals surface area (Å²) in [5.41, 5.74) is 0.751. The molecule has 4 rings (SSSR count). The van der Waals surface area contributed by atoms with Crippen LogP contribution in [-0.4, -0.2) is 47.7 Å². The Labute approximate surface area is 232 Å². The lowest BCUT2D eigenvalue weighted by atomic mass is 9.80. The van der Waals surface area contributed by atoms with Gasteiger partial charge in [0.15, 0.2) is 0 Å². The normalized spacial score (nSPS) is 13.0. The average Bonchev–Trinajstić information content (AvgIpc) is 2.98. The molecule has 0 radical (unpaired) electrons. The van der Waals surface area contributed by atoms with E-state index in [-0.39, 0.29) is 13.3 Å². The second-order valence-corrected chi connectivity index (χ2v) is 9.43. The number of aryl methyl sites for hydroxylation is 1. The SMILES string of the molecule is COc1ccc(C(OC[C@@H](OCn2cc(C)c(=O)[nH]c2=O)[C@H](C)O)(c2ccccc2)c2ccc(OC)cc2)cc1. The maximum atomic E-state index is 12.3. The zero-order valence-electron chi connectivity index (χ0n) is 23.0. The Balaban J connectivity index is 1.75. The van der Waals surface area contributed by atoms with Gasteiger partial charge in [-0.05, 0) is 54.8 Å². The fourth-order valence-corrected chi connectivity index (χ4v) is 4.50.